The summed E-state index contributed by atoms with van der Waals surface area (Å²) in [4.78, 5) is 0. The lowest BCUT2D eigenvalue weighted by atomic mass is 10.2. The van der Waals surface area contributed by atoms with Crippen LogP contribution in [0.5, 0.6) is 0 Å². The van der Waals surface area contributed by atoms with Crippen molar-refractivity contribution in [2.75, 3.05) is 7.05 Å². The summed E-state index contributed by atoms with van der Waals surface area (Å²) in [5, 5.41) is 4.95. The fourth-order valence-electron chi connectivity index (χ4n) is 0.937. The quantitative estimate of drug-likeness (QED) is 0.900. The van der Waals surface area contributed by atoms with E-state index in [0.29, 0.717) is 0 Å². The van der Waals surface area contributed by atoms with Gasteiger partial charge >= 0.3 is 0 Å². The van der Waals surface area contributed by atoms with Gasteiger partial charge in [0.1, 0.15) is 0 Å². The molecular formula is C8H11BrN2O2S. The van der Waals surface area contributed by atoms with Crippen LogP contribution < -0.4 is 5.14 Å². The number of nitrogens with two attached hydrogens (primary N) is 1. The molecule has 1 rings (SSSR count). The van der Waals surface area contributed by atoms with E-state index < -0.39 is 10.2 Å². The molecule has 0 unspecified atom stereocenters. The third kappa shape index (κ3) is 3.38. The van der Waals surface area contributed by atoms with Crippen LogP contribution in [-0.4, -0.2) is 19.8 Å². The average Bonchev–Trinajstić information content (AvgIpc) is 2.07. The SMILES string of the molecule is CN(Cc1ccc(Br)cc1)S(N)(=O)=O. The van der Waals surface area contributed by atoms with Gasteiger partial charge in [-0.2, -0.15) is 12.7 Å². The molecule has 0 aromatic heterocycles. The van der Waals surface area contributed by atoms with Crippen LogP contribution in [-0.2, 0) is 16.8 Å². The first-order chi connectivity index (χ1) is 6.39. The summed E-state index contributed by atoms with van der Waals surface area (Å²) in [5.74, 6) is 0. The maximum atomic E-state index is 10.9. The van der Waals surface area contributed by atoms with Gasteiger partial charge in [0.2, 0.25) is 0 Å². The lowest BCUT2D eigenvalue weighted by Crippen LogP contribution is -2.32. The van der Waals surface area contributed by atoms with E-state index in [9.17, 15) is 8.42 Å². The Hall–Kier alpha value is -0.430. The molecule has 2 N–H and O–H groups in total. The lowest BCUT2D eigenvalue weighted by molar-refractivity contribution is 0.468. The summed E-state index contributed by atoms with van der Waals surface area (Å²) >= 11 is 3.29. The minimum atomic E-state index is -3.59. The van der Waals surface area contributed by atoms with Gasteiger partial charge in [-0.3, -0.25) is 0 Å². The molecule has 6 heteroatoms. The van der Waals surface area contributed by atoms with Gasteiger partial charge in [0.25, 0.3) is 10.2 Å². The number of halogens is 1. The molecule has 0 fully saturated rings. The van der Waals surface area contributed by atoms with Crippen molar-refractivity contribution in [3.05, 3.63) is 34.3 Å². The van der Waals surface area contributed by atoms with Crippen molar-refractivity contribution in [3.8, 4) is 0 Å². The zero-order valence-corrected chi connectivity index (χ0v) is 10.0. The van der Waals surface area contributed by atoms with Crippen LogP contribution in [0.3, 0.4) is 0 Å². The first kappa shape index (κ1) is 11.6. The predicted octanol–water partition coefficient (Wildman–Crippen LogP) is 1.08. The summed E-state index contributed by atoms with van der Waals surface area (Å²) in [6, 6.07) is 7.39. The van der Waals surface area contributed by atoms with E-state index >= 15 is 0 Å². The van der Waals surface area contributed by atoms with Gasteiger partial charge in [-0.25, -0.2) is 5.14 Å². The van der Waals surface area contributed by atoms with Crippen molar-refractivity contribution in [1.82, 2.24) is 4.31 Å². The van der Waals surface area contributed by atoms with E-state index in [0.717, 1.165) is 14.3 Å². The van der Waals surface area contributed by atoms with Crippen LogP contribution in [0.2, 0.25) is 0 Å². The van der Waals surface area contributed by atoms with E-state index in [-0.39, 0.29) is 6.54 Å². The first-order valence-corrected chi connectivity index (χ1v) is 6.18. The van der Waals surface area contributed by atoms with E-state index in [2.05, 4.69) is 15.9 Å². The zero-order valence-electron chi connectivity index (χ0n) is 7.64. The molecule has 1 aromatic rings. The molecule has 0 aliphatic rings. The molecule has 0 bridgehead atoms. The molecule has 0 heterocycles. The number of hydrogen-bond acceptors (Lipinski definition) is 2. The third-order valence-electron chi connectivity index (χ3n) is 1.75. The maximum Gasteiger partial charge on any atom is 0.276 e. The molecule has 14 heavy (non-hydrogen) atoms. The van der Waals surface area contributed by atoms with Crippen molar-refractivity contribution < 1.29 is 8.42 Å². The molecule has 0 amide bonds. The topological polar surface area (TPSA) is 63.4 Å². The largest absolute Gasteiger partial charge is 0.276 e. The number of benzene rings is 1. The monoisotopic (exact) mass is 278 g/mol. The van der Waals surface area contributed by atoms with E-state index in [4.69, 9.17) is 5.14 Å². The highest BCUT2D eigenvalue weighted by atomic mass is 79.9. The number of rotatable bonds is 3. The van der Waals surface area contributed by atoms with E-state index in [1.54, 1.807) is 0 Å². The minimum Gasteiger partial charge on any atom is -0.216 e. The highest BCUT2D eigenvalue weighted by Crippen LogP contribution is 2.12. The Bertz CT molecular complexity index is 402. The van der Waals surface area contributed by atoms with Crippen molar-refractivity contribution in [2.24, 2.45) is 5.14 Å². The summed E-state index contributed by atoms with van der Waals surface area (Å²) in [6.07, 6.45) is 0. The third-order valence-corrected chi connectivity index (χ3v) is 3.28. The molecule has 0 aliphatic carbocycles. The summed E-state index contributed by atoms with van der Waals surface area (Å²) in [6.45, 7) is 0.284. The Kier molecular flexibility index (Phi) is 3.65. The minimum absolute atomic E-state index is 0.284. The summed E-state index contributed by atoms with van der Waals surface area (Å²) in [7, 11) is -2.15. The summed E-state index contributed by atoms with van der Waals surface area (Å²) in [5.41, 5.74) is 0.893. The van der Waals surface area contributed by atoms with Crippen molar-refractivity contribution in [3.63, 3.8) is 0 Å². The second-order valence-electron chi connectivity index (χ2n) is 2.93. The molecule has 0 radical (unpaired) electrons. The number of hydrogen-bond donors (Lipinski definition) is 1. The Morgan fingerprint density at radius 1 is 1.36 bits per heavy atom. The Labute approximate surface area is 92.0 Å². The molecular weight excluding hydrogens is 268 g/mol. The molecule has 4 nitrogen and oxygen atoms in total. The first-order valence-electron chi connectivity index (χ1n) is 3.88. The van der Waals surface area contributed by atoms with Gasteiger partial charge in [-0.05, 0) is 17.7 Å². The van der Waals surface area contributed by atoms with Crippen LogP contribution in [0.4, 0.5) is 0 Å². The van der Waals surface area contributed by atoms with Gasteiger partial charge < -0.3 is 0 Å². The molecule has 78 valence electrons. The molecule has 0 atom stereocenters. The smallest absolute Gasteiger partial charge is 0.216 e. The fourth-order valence-corrected chi connectivity index (χ4v) is 1.53. The van der Waals surface area contributed by atoms with E-state index in [1.165, 1.54) is 7.05 Å². The van der Waals surface area contributed by atoms with Gasteiger partial charge in [-0.1, -0.05) is 28.1 Å². The average molecular weight is 279 g/mol. The van der Waals surface area contributed by atoms with Crippen LogP contribution in [0, 0.1) is 0 Å². The lowest BCUT2D eigenvalue weighted by Gasteiger charge is -2.13. The van der Waals surface area contributed by atoms with Gasteiger partial charge in [0, 0.05) is 18.1 Å². The van der Waals surface area contributed by atoms with Gasteiger partial charge in [0.15, 0.2) is 0 Å². The second-order valence-corrected chi connectivity index (χ2v) is 5.50. The van der Waals surface area contributed by atoms with Crippen LogP contribution in [0.15, 0.2) is 28.7 Å². The van der Waals surface area contributed by atoms with Crippen LogP contribution >= 0.6 is 15.9 Å². The Morgan fingerprint density at radius 3 is 2.29 bits per heavy atom. The van der Waals surface area contributed by atoms with E-state index in [1.807, 2.05) is 24.3 Å². The highest BCUT2D eigenvalue weighted by molar-refractivity contribution is 9.10. The standard InChI is InChI=1S/C8H11BrN2O2S/c1-11(14(10,12)13)6-7-2-4-8(9)5-3-7/h2-5H,6H2,1H3,(H2,10,12,13). The normalized spacial score (nSPS) is 12.0. The van der Waals surface area contributed by atoms with Gasteiger partial charge in [0.05, 0.1) is 0 Å². The highest BCUT2D eigenvalue weighted by Gasteiger charge is 2.11. The molecule has 1 aromatic carbocycles. The molecule has 0 spiro atoms. The number of nitrogens with zero attached hydrogens (tertiary/aromatic N) is 1. The zero-order chi connectivity index (χ0) is 10.8. The molecule has 0 saturated carbocycles. The molecule has 0 saturated heterocycles. The van der Waals surface area contributed by atoms with Crippen LogP contribution in [0.1, 0.15) is 5.56 Å². The second kappa shape index (κ2) is 4.39. The molecule has 0 aliphatic heterocycles. The van der Waals surface area contributed by atoms with Crippen molar-refractivity contribution in [2.45, 2.75) is 6.54 Å². The van der Waals surface area contributed by atoms with Crippen molar-refractivity contribution >= 4 is 26.1 Å². The van der Waals surface area contributed by atoms with Crippen molar-refractivity contribution in [1.29, 1.82) is 0 Å². The Balaban J connectivity index is 2.75. The van der Waals surface area contributed by atoms with Gasteiger partial charge in [-0.15, -0.1) is 0 Å². The summed E-state index contributed by atoms with van der Waals surface area (Å²) < 4.78 is 23.8. The maximum absolute atomic E-state index is 10.9. The van der Waals surface area contributed by atoms with Crippen LogP contribution in [0.25, 0.3) is 0 Å². The Morgan fingerprint density at radius 2 is 1.86 bits per heavy atom. The fraction of sp³-hybridized carbons (Fsp3) is 0.250. The predicted molar refractivity (Wildman–Crippen MR) is 58.7 cm³/mol.